The third-order valence-corrected chi connectivity index (χ3v) is 3.72. The summed E-state index contributed by atoms with van der Waals surface area (Å²) in [7, 11) is -1.54. The highest BCUT2D eigenvalue weighted by molar-refractivity contribution is 7.86. The first-order valence-corrected chi connectivity index (χ1v) is 6.59. The summed E-state index contributed by atoms with van der Waals surface area (Å²) >= 11 is 0. The van der Waals surface area contributed by atoms with E-state index >= 15 is 0 Å². The first-order valence-electron chi connectivity index (χ1n) is 5.38. The maximum absolute atomic E-state index is 13.0. The molecule has 0 spiro atoms. The molecule has 17 heavy (non-hydrogen) atoms. The smallest absolute Gasteiger partial charge is 0.236 e. The van der Waals surface area contributed by atoms with Gasteiger partial charge in [-0.05, 0) is 39.0 Å². The Hall–Kier alpha value is -1.23. The number of hydrogen-bond donors (Lipinski definition) is 1. The van der Waals surface area contributed by atoms with Crippen LogP contribution in [0, 0.1) is 5.82 Å². The molecular formula is C12H16FNO2S. The molecule has 1 aromatic carbocycles. The van der Waals surface area contributed by atoms with Crippen molar-refractivity contribution in [3.63, 3.8) is 0 Å². The fourth-order valence-corrected chi connectivity index (χ4v) is 2.41. The number of amides is 1. The van der Waals surface area contributed by atoms with Crippen molar-refractivity contribution in [1.82, 2.24) is 5.32 Å². The fraction of sp³-hybridized carbons (Fsp3) is 0.417. The molecule has 0 aliphatic carbocycles. The number of carbonyl (C=O) groups is 1. The Labute approximate surface area is 103 Å². The van der Waals surface area contributed by atoms with E-state index in [4.69, 9.17) is 0 Å². The van der Waals surface area contributed by atoms with Crippen LogP contribution in [-0.4, -0.2) is 21.4 Å². The molecule has 0 radical (unpaired) electrons. The Balaban J connectivity index is 2.80. The lowest BCUT2D eigenvalue weighted by Gasteiger charge is -2.14. The van der Waals surface area contributed by atoms with Crippen LogP contribution < -0.4 is 5.32 Å². The minimum absolute atomic E-state index is 0.00513. The van der Waals surface area contributed by atoms with Gasteiger partial charge in [-0.1, -0.05) is 6.07 Å². The number of hydrogen-bond acceptors (Lipinski definition) is 2. The lowest BCUT2D eigenvalue weighted by atomic mass is 10.3. The SMILES string of the molecule is CC(C)NC(=O)C(C)S(=O)c1cccc(F)c1. The number of benzene rings is 1. The number of rotatable bonds is 4. The molecule has 0 heterocycles. The molecule has 0 saturated carbocycles. The Morgan fingerprint density at radius 1 is 1.35 bits per heavy atom. The molecule has 2 atom stereocenters. The van der Waals surface area contributed by atoms with E-state index in [0.29, 0.717) is 4.90 Å². The van der Waals surface area contributed by atoms with Crippen LogP contribution >= 0.6 is 0 Å². The summed E-state index contributed by atoms with van der Waals surface area (Å²) in [6, 6.07) is 5.50. The topological polar surface area (TPSA) is 46.2 Å². The van der Waals surface area contributed by atoms with E-state index in [9.17, 15) is 13.4 Å². The zero-order valence-corrected chi connectivity index (χ0v) is 10.9. The molecule has 5 heteroatoms. The molecule has 2 unspecified atom stereocenters. The molecule has 0 fully saturated rings. The van der Waals surface area contributed by atoms with Gasteiger partial charge in [0.15, 0.2) is 0 Å². The Morgan fingerprint density at radius 3 is 2.53 bits per heavy atom. The van der Waals surface area contributed by atoms with Crippen molar-refractivity contribution in [3.05, 3.63) is 30.1 Å². The molecule has 94 valence electrons. The van der Waals surface area contributed by atoms with Crippen LogP contribution in [0.25, 0.3) is 0 Å². The van der Waals surface area contributed by atoms with E-state index in [0.717, 1.165) is 0 Å². The molecule has 0 saturated heterocycles. The van der Waals surface area contributed by atoms with Crippen LogP contribution in [0.3, 0.4) is 0 Å². The second-order valence-corrected chi connectivity index (χ2v) is 5.83. The average Bonchev–Trinajstić information content (AvgIpc) is 2.26. The van der Waals surface area contributed by atoms with Gasteiger partial charge in [-0.3, -0.25) is 9.00 Å². The van der Waals surface area contributed by atoms with Crippen LogP contribution in [-0.2, 0) is 15.6 Å². The monoisotopic (exact) mass is 257 g/mol. The van der Waals surface area contributed by atoms with Crippen molar-refractivity contribution < 1.29 is 13.4 Å². The van der Waals surface area contributed by atoms with Crippen LogP contribution in [0.5, 0.6) is 0 Å². The molecular weight excluding hydrogens is 241 g/mol. The van der Waals surface area contributed by atoms with E-state index in [1.54, 1.807) is 13.0 Å². The second-order valence-electron chi connectivity index (χ2n) is 4.06. The van der Waals surface area contributed by atoms with E-state index in [1.807, 2.05) is 13.8 Å². The maximum Gasteiger partial charge on any atom is 0.236 e. The zero-order valence-electron chi connectivity index (χ0n) is 10.1. The lowest BCUT2D eigenvalue weighted by molar-refractivity contribution is -0.120. The number of halogens is 1. The van der Waals surface area contributed by atoms with Gasteiger partial charge in [0.25, 0.3) is 0 Å². The van der Waals surface area contributed by atoms with Gasteiger partial charge in [-0.2, -0.15) is 0 Å². The van der Waals surface area contributed by atoms with Crippen molar-refractivity contribution in [2.45, 2.75) is 37.0 Å². The Kier molecular flexibility index (Phi) is 4.81. The molecule has 1 amide bonds. The van der Waals surface area contributed by atoms with E-state index < -0.39 is 21.9 Å². The van der Waals surface area contributed by atoms with Crippen LogP contribution in [0.2, 0.25) is 0 Å². The molecule has 1 rings (SSSR count). The summed E-state index contributed by atoms with van der Waals surface area (Å²) in [5.41, 5.74) is 0. The van der Waals surface area contributed by atoms with Crippen LogP contribution in [0.15, 0.2) is 29.2 Å². The van der Waals surface area contributed by atoms with Gasteiger partial charge in [-0.15, -0.1) is 0 Å². The highest BCUT2D eigenvalue weighted by atomic mass is 32.2. The number of nitrogens with one attached hydrogen (secondary N) is 1. The van der Waals surface area contributed by atoms with Crippen molar-refractivity contribution in [1.29, 1.82) is 0 Å². The largest absolute Gasteiger partial charge is 0.353 e. The quantitative estimate of drug-likeness (QED) is 0.894. The third kappa shape index (κ3) is 3.93. The van der Waals surface area contributed by atoms with Crippen molar-refractivity contribution in [3.8, 4) is 0 Å². The second kappa shape index (κ2) is 5.91. The minimum Gasteiger partial charge on any atom is -0.353 e. The average molecular weight is 257 g/mol. The Bertz CT molecular complexity index is 434. The lowest BCUT2D eigenvalue weighted by Crippen LogP contribution is -2.39. The predicted octanol–water partition coefficient (Wildman–Crippen LogP) is 1.85. The van der Waals surface area contributed by atoms with Gasteiger partial charge >= 0.3 is 0 Å². The molecule has 0 aromatic heterocycles. The van der Waals surface area contributed by atoms with E-state index in [1.165, 1.54) is 18.2 Å². The first-order chi connectivity index (χ1) is 7.91. The number of carbonyl (C=O) groups excluding carboxylic acids is 1. The molecule has 3 nitrogen and oxygen atoms in total. The van der Waals surface area contributed by atoms with Crippen LogP contribution in [0.4, 0.5) is 4.39 Å². The highest BCUT2D eigenvalue weighted by Gasteiger charge is 2.21. The summed E-state index contributed by atoms with van der Waals surface area (Å²) in [6.07, 6.45) is 0. The molecule has 0 aliphatic heterocycles. The van der Waals surface area contributed by atoms with Crippen molar-refractivity contribution in [2.24, 2.45) is 0 Å². The van der Waals surface area contributed by atoms with Gasteiger partial charge in [0.1, 0.15) is 11.1 Å². The summed E-state index contributed by atoms with van der Waals surface area (Å²) in [5, 5.41) is 1.99. The Morgan fingerprint density at radius 2 is 2.00 bits per heavy atom. The molecule has 1 aromatic rings. The van der Waals surface area contributed by atoms with Gasteiger partial charge in [-0.25, -0.2) is 4.39 Å². The van der Waals surface area contributed by atoms with Gasteiger partial charge in [0.05, 0.1) is 10.8 Å². The summed E-state index contributed by atoms with van der Waals surface area (Å²) in [6.45, 7) is 5.23. The normalized spacial score (nSPS) is 14.4. The highest BCUT2D eigenvalue weighted by Crippen LogP contribution is 2.13. The van der Waals surface area contributed by atoms with E-state index in [-0.39, 0.29) is 11.9 Å². The third-order valence-electron chi connectivity index (χ3n) is 2.15. The van der Waals surface area contributed by atoms with E-state index in [2.05, 4.69) is 5.32 Å². The first kappa shape index (κ1) is 13.8. The molecule has 0 aliphatic rings. The van der Waals surface area contributed by atoms with Crippen molar-refractivity contribution >= 4 is 16.7 Å². The molecule has 1 N–H and O–H groups in total. The van der Waals surface area contributed by atoms with Gasteiger partial charge < -0.3 is 5.32 Å². The fourth-order valence-electron chi connectivity index (χ4n) is 1.30. The standard InChI is InChI=1S/C12H16FNO2S/c1-8(2)14-12(15)9(3)17(16)11-6-4-5-10(13)7-11/h4-9H,1-3H3,(H,14,15). The summed E-state index contributed by atoms with van der Waals surface area (Å²) < 4.78 is 25.0. The van der Waals surface area contributed by atoms with Gasteiger partial charge in [0, 0.05) is 10.9 Å². The van der Waals surface area contributed by atoms with Crippen molar-refractivity contribution in [2.75, 3.05) is 0 Å². The summed E-state index contributed by atoms with van der Waals surface area (Å²) in [5.74, 6) is -0.741. The van der Waals surface area contributed by atoms with Gasteiger partial charge in [0.2, 0.25) is 5.91 Å². The molecule has 0 bridgehead atoms. The van der Waals surface area contributed by atoms with Crippen LogP contribution in [0.1, 0.15) is 20.8 Å². The summed E-state index contributed by atoms with van der Waals surface area (Å²) in [4.78, 5) is 12.0. The zero-order chi connectivity index (χ0) is 13.0. The minimum atomic E-state index is -1.54. The maximum atomic E-state index is 13.0. The predicted molar refractivity (Wildman–Crippen MR) is 65.5 cm³/mol.